The standard InChI is InChI=1S/C16H17N2S/c1-3-9-18-10-7-13(8-11-18)16-17-15-12(2)5-4-6-14(15)19-16/h4-8,10-11H,3,9H2,1-2H3/q+1. The van der Waals surface area contributed by atoms with Gasteiger partial charge in [0.2, 0.25) is 0 Å². The summed E-state index contributed by atoms with van der Waals surface area (Å²) in [4.78, 5) is 4.77. The van der Waals surface area contributed by atoms with E-state index in [1.54, 1.807) is 11.3 Å². The van der Waals surface area contributed by atoms with Gasteiger partial charge in [0, 0.05) is 24.1 Å². The number of pyridine rings is 1. The number of benzene rings is 1. The number of rotatable bonds is 3. The van der Waals surface area contributed by atoms with E-state index in [0.29, 0.717) is 0 Å². The maximum absolute atomic E-state index is 4.77. The van der Waals surface area contributed by atoms with E-state index in [4.69, 9.17) is 4.98 Å². The highest BCUT2D eigenvalue weighted by atomic mass is 32.1. The Morgan fingerprint density at radius 1 is 1.16 bits per heavy atom. The van der Waals surface area contributed by atoms with Crippen molar-refractivity contribution in [3.63, 3.8) is 0 Å². The average molecular weight is 269 g/mol. The van der Waals surface area contributed by atoms with E-state index in [9.17, 15) is 0 Å². The van der Waals surface area contributed by atoms with Crippen molar-refractivity contribution in [2.75, 3.05) is 0 Å². The van der Waals surface area contributed by atoms with Gasteiger partial charge >= 0.3 is 0 Å². The van der Waals surface area contributed by atoms with Crippen LogP contribution in [0.15, 0.2) is 42.7 Å². The minimum Gasteiger partial charge on any atom is -0.236 e. The van der Waals surface area contributed by atoms with Gasteiger partial charge in [-0.3, -0.25) is 0 Å². The van der Waals surface area contributed by atoms with Crippen LogP contribution in [-0.4, -0.2) is 4.98 Å². The van der Waals surface area contributed by atoms with E-state index < -0.39 is 0 Å². The van der Waals surface area contributed by atoms with Gasteiger partial charge < -0.3 is 0 Å². The van der Waals surface area contributed by atoms with Crippen LogP contribution in [0.3, 0.4) is 0 Å². The molecule has 3 rings (SSSR count). The number of aromatic nitrogens is 2. The molecule has 1 aromatic carbocycles. The van der Waals surface area contributed by atoms with Crippen LogP contribution in [0.25, 0.3) is 20.8 Å². The van der Waals surface area contributed by atoms with Crippen LogP contribution in [-0.2, 0) is 6.54 Å². The lowest BCUT2D eigenvalue weighted by atomic mass is 10.2. The van der Waals surface area contributed by atoms with Crippen LogP contribution in [0.2, 0.25) is 0 Å². The number of fused-ring (bicyclic) bond motifs is 1. The Labute approximate surface area is 117 Å². The molecule has 0 saturated carbocycles. The maximum Gasteiger partial charge on any atom is 0.169 e. The molecular weight excluding hydrogens is 252 g/mol. The topological polar surface area (TPSA) is 16.8 Å². The van der Waals surface area contributed by atoms with E-state index in [2.05, 4.69) is 61.1 Å². The Morgan fingerprint density at radius 3 is 2.63 bits per heavy atom. The zero-order valence-electron chi connectivity index (χ0n) is 11.3. The van der Waals surface area contributed by atoms with Gasteiger partial charge in [-0.1, -0.05) is 19.1 Å². The largest absolute Gasteiger partial charge is 0.236 e. The molecule has 0 unspecified atom stereocenters. The number of para-hydroxylation sites is 1. The third-order valence-corrected chi connectivity index (χ3v) is 4.31. The first-order chi connectivity index (χ1) is 9.28. The van der Waals surface area contributed by atoms with Crippen molar-refractivity contribution in [3.8, 4) is 10.6 Å². The fraction of sp³-hybridized carbons (Fsp3) is 0.250. The van der Waals surface area contributed by atoms with Crippen molar-refractivity contribution in [3.05, 3.63) is 48.3 Å². The van der Waals surface area contributed by atoms with Crippen molar-refractivity contribution in [2.24, 2.45) is 0 Å². The zero-order chi connectivity index (χ0) is 13.2. The van der Waals surface area contributed by atoms with Crippen LogP contribution in [0, 0.1) is 6.92 Å². The quantitative estimate of drug-likeness (QED) is 0.657. The molecular formula is C16H17N2S+. The number of thiazole rings is 1. The summed E-state index contributed by atoms with van der Waals surface area (Å²) >= 11 is 1.76. The molecule has 0 aliphatic rings. The van der Waals surface area contributed by atoms with E-state index in [1.165, 1.54) is 15.8 Å². The van der Waals surface area contributed by atoms with Crippen LogP contribution in [0.1, 0.15) is 18.9 Å². The van der Waals surface area contributed by atoms with Gasteiger partial charge in [-0.15, -0.1) is 11.3 Å². The molecule has 2 nitrogen and oxygen atoms in total. The van der Waals surface area contributed by atoms with Crippen molar-refractivity contribution in [1.29, 1.82) is 0 Å². The molecule has 3 heteroatoms. The van der Waals surface area contributed by atoms with E-state index in [-0.39, 0.29) is 0 Å². The molecule has 0 fully saturated rings. The highest BCUT2D eigenvalue weighted by Gasteiger charge is 2.09. The monoisotopic (exact) mass is 269 g/mol. The number of nitrogens with zero attached hydrogens (tertiary/aromatic N) is 2. The first kappa shape index (κ1) is 12.3. The second-order valence-electron chi connectivity index (χ2n) is 4.77. The van der Waals surface area contributed by atoms with Crippen LogP contribution in [0.4, 0.5) is 0 Å². The van der Waals surface area contributed by atoms with Crippen LogP contribution in [0.5, 0.6) is 0 Å². The van der Waals surface area contributed by atoms with Gasteiger partial charge in [-0.2, -0.15) is 0 Å². The lowest BCUT2D eigenvalue weighted by Gasteiger charge is -1.96. The van der Waals surface area contributed by atoms with Gasteiger partial charge in [0.05, 0.1) is 10.2 Å². The van der Waals surface area contributed by atoms with E-state index >= 15 is 0 Å². The number of hydrogen-bond acceptors (Lipinski definition) is 2. The van der Waals surface area contributed by atoms with Crippen LogP contribution < -0.4 is 4.57 Å². The third-order valence-electron chi connectivity index (χ3n) is 3.24. The number of hydrogen-bond donors (Lipinski definition) is 0. The van der Waals surface area contributed by atoms with Crippen molar-refractivity contribution in [2.45, 2.75) is 26.8 Å². The minimum absolute atomic E-state index is 1.07. The van der Waals surface area contributed by atoms with Crippen molar-refractivity contribution < 1.29 is 4.57 Å². The normalized spacial score (nSPS) is 11.1. The molecule has 0 bridgehead atoms. The molecule has 0 aliphatic heterocycles. The molecule has 2 aromatic heterocycles. The summed E-state index contributed by atoms with van der Waals surface area (Å²) in [5.41, 5.74) is 3.58. The predicted octanol–water partition coefficient (Wildman–Crippen LogP) is 3.97. The highest BCUT2D eigenvalue weighted by molar-refractivity contribution is 7.21. The lowest BCUT2D eigenvalue weighted by molar-refractivity contribution is -0.696. The Bertz CT molecular complexity index is 698. The summed E-state index contributed by atoms with van der Waals surface area (Å²) in [6.45, 7) is 5.38. The first-order valence-electron chi connectivity index (χ1n) is 6.63. The molecule has 19 heavy (non-hydrogen) atoms. The Balaban J connectivity index is 2.01. The minimum atomic E-state index is 1.07. The van der Waals surface area contributed by atoms with Crippen LogP contribution >= 0.6 is 11.3 Å². The Hall–Kier alpha value is -1.74. The second-order valence-corrected chi connectivity index (χ2v) is 5.80. The molecule has 96 valence electrons. The molecule has 0 aliphatic carbocycles. The van der Waals surface area contributed by atoms with E-state index in [0.717, 1.165) is 23.5 Å². The van der Waals surface area contributed by atoms with Gasteiger partial charge in [-0.25, -0.2) is 9.55 Å². The zero-order valence-corrected chi connectivity index (χ0v) is 12.1. The van der Waals surface area contributed by atoms with Gasteiger partial charge in [0.25, 0.3) is 0 Å². The highest BCUT2D eigenvalue weighted by Crippen LogP contribution is 2.30. The van der Waals surface area contributed by atoms with Gasteiger partial charge in [0.1, 0.15) is 11.6 Å². The summed E-state index contributed by atoms with van der Waals surface area (Å²) in [5.74, 6) is 0. The third kappa shape index (κ3) is 2.38. The lowest BCUT2D eigenvalue weighted by Crippen LogP contribution is -2.31. The summed E-state index contributed by atoms with van der Waals surface area (Å²) < 4.78 is 3.47. The molecule has 0 radical (unpaired) electrons. The SMILES string of the molecule is CCC[n+]1ccc(-c2nc3c(C)cccc3s2)cc1. The molecule has 0 N–H and O–H groups in total. The number of aryl methyl sites for hydroxylation is 2. The molecule has 0 amide bonds. The smallest absolute Gasteiger partial charge is 0.169 e. The van der Waals surface area contributed by atoms with Crippen molar-refractivity contribution >= 4 is 21.6 Å². The molecule has 0 saturated heterocycles. The van der Waals surface area contributed by atoms with E-state index in [1.807, 2.05) is 0 Å². The fourth-order valence-electron chi connectivity index (χ4n) is 2.22. The molecule has 3 aromatic rings. The summed E-state index contributed by atoms with van der Waals surface area (Å²) in [5, 5.41) is 1.10. The first-order valence-corrected chi connectivity index (χ1v) is 7.45. The average Bonchev–Trinajstić information content (AvgIpc) is 2.85. The summed E-state index contributed by atoms with van der Waals surface area (Å²) in [7, 11) is 0. The summed E-state index contributed by atoms with van der Waals surface area (Å²) in [6.07, 6.45) is 5.43. The van der Waals surface area contributed by atoms with Crippen molar-refractivity contribution in [1.82, 2.24) is 4.98 Å². The maximum atomic E-state index is 4.77. The Kier molecular flexibility index (Phi) is 3.30. The molecule has 0 spiro atoms. The summed E-state index contributed by atoms with van der Waals surface area (Å²) in [6, 6.07) is 10.7. The second kappa shape index (κ2) is 5.10. The molecule has 2 heterocycles. The fourth-order valence-corrected chi connectivity index (χ4v) is 3.27. The Morgan fingerprint density at radius 2 is 1.95 bits per heavy atom. The van der Waals surface area contributed by atoms with Gasteiger partial charge in [-0.05, 0) is 18.6 Å². The predicted molar refractivity (Wildman–Crippen MR) is 80.3 cm³/mol. The molecule has 0 atom stereocenters. The van der Waals surface area contributed by atoms with Gasteiger partial charge in [0.15, 0.2) is 12.4 Å².